The van der Waals surface area contributed by atoms with E-state index in [1.165, 1.54) is 12.5 Å². The number of rotatable bonds is 4. The molecule has 0 aliphatic heterocycles. The highest BCUT2D eigenvalue weighted by atomic mass is 35.5. The van der Waals surface area contributed by atoms with Gasteiger partial charge in [0.15, 0.2) is 11.6 Å². The fraction of sp³-hybridized carbons (Fsp3) is 0.471. The molecule has 1 aromatic carbocycles. The van der Waals surface area contributed by atoms with Crippen LogP contribution in [-0.4, -0.2) is 18.6 Å². The molecule has 2 unspecified atom stereocenters. The Labute approximate surface area is 135 Å². The number of halogens is 2. The minimum atomic E-state index is -0.651. The van der Waals surface area contributed by atoms with Crippen molar-refractivity contribution in [1.29, 1.82) is 0 Å². The summed E-state index contributed by atoms with van der Waals surface area (Å²) in [5.41, 5.74) is 0.116. The first-order valence-electron chi connectivity index (χ1n) is 7.39. The molecule has 5 heteroatoms. The zero-order valence-corrected chi connectivity index (χ0v) is 13.3. The van der Waals surface area contributed by atoms with Crippen molar-refractivity contribution in [3.63, 3.8) is 0 Å². The molecular formula is C17H19ClFNO2. The summed E-state index contributed by atoms with van der Waals surface area (Å²) in [7, 11) is 0. The van der Waals surface area contributed by atoms with Crippen molar-refractivity contribution in [2.45, 2.75) is 38.6 Å². The second kappa shape index (κ2) is 7.51. The summed E-state index contributed by atoms with van der Waals surface area (Å²) in [4.78, 5) is 12.3. The number of hydrogen-bond acceptors (Lipinski definition) is 2. The molecule has 22 heavy (non-hydrogen) atoms. The second-order valence-corrected chi connectivity index (χ2v) is 6.00. The average molecular weight is 324 g/mol. The molecule has 0 saturated heterocycles. The summed E-state index contributed by atoms with van der Waals surface area (Å²) in [5.74, 6) is 1.61. The highest BCUT2D eigenvalue weighted by Gasteiger charge is 2.24. The van der Waals surface area contributed by atoms with Gasteiger partial charge < -0.3 is 10.1 Å². The van der Waals surface area contributed by atoms with Crippen LogP contribution >= 0.6 is 11.6 Å². The van der Waals surface area contributed by atoms with Crippen LogP contribution in [-0.2, 0) is 0 Å². The van der Waals surface area contributed by atoms with Crippen molar-refractivity contribution < 1.29 is 13.9 Å². The molecule has 1 aliphatic carbocycles. The van der Waals surface area contributed by atoms with Crippen molar-refractivity contribution in [3.05, 3.63) is 28.5 Å². The van der Waals surface area contributed by atoms with Crippen molar-refractivity contribution in [3.8, 4) is 18.1 Å². The van der Waals surface area contributed by atoms with Gasteiger partial charge in [-0.3, -0.25) is 4.79 Å². The number of carbonyl (C=O) groups is 1. The largest absolute Gasteiger partial charge is 0.478 e. The summed E-state index contributed by atoms with van der Waals surface area (Å²) in [5, 5.41) is 3.10. The highest BCUT2D eigenvalue weighted by Crippen LogP contribution is 2.28. The third-order valence-electron chi connectivity index (χ3n) is 4.01. The SMILES string of the molecule is C#CCOc1cc(Cl)c(C(=O)NC2CCCCC2C)cc1F. The lowest BCUT2D eigenvalue weighted by Gasteiger charge is -2.29. The van der Waals surface area contributed by atoms with Gasteiger partial charge in [0.05, 0.1) is 10.6 Å². The van der Waals surface area contributed by atoms with Crippen LogP contribution in [0.5, 0.6) is 5.75 Å². The second-order valence-electron chi connectivity index (χ2n) is 5.60. The van der Waals surface area contributed by atoms with Gasteiger partial charge in [-0.2, -0.15) is 0 Å². The lowest BCUT2D eigenvalue weighted by Crippen LogP contribution is -2.41. The molecule has 0 spiro atoms. The van der Waals surface area contributed by atoms with E-state index >= 15 is 0 Å². The van der Waals surface area contributed by atoms with Crippen molar-refractivity contribution >= 4 is 17.5 Å². The first-order chi connectivity index (χ1) is 10.5. The van der Waals surface area contributed by atoms with E-state index in [9.17, 15) is 9.18 Å². The Balaban J connectivity index is 2.12. The van der Waals surface area contributed by atoms with Crippen LogP contribution < -0.4 is 10.1 Å². The number of ether oxygens (including phenoxy) is 1. The molecule has 3 nitrogen and oxygen atoms in total. The Morgan fingerprint density at radius 2 is 2.23 bits per heavy atom. The molecule has 1 aliphatic rings. The predicted octanol–water partition coefficient (Wildman–Crippen LogP) is 3.80. The molecule has 0 bridgehead atoms. The van der Waals surface area contributed by atoms with E-state index in [-0.39, 0.29) is 34.9 Å². The third-order valence-corrected chi connectivity index (χ3v) is 4.32. The Bertz CT molecular complexity index is 597. The van der Waals surface area contributed by atoms with Crippen LogP contribution in [0.25, 0.3) is 0 Å². The number of benzene rings is 1. The van der Waals surface area contributed by atoms with Gasteiger partial charge in [0.2, 0.25) is 0 Å². The number of nitrogens with one attached hydrogen (secondary N) is 1. The Kier molecular flexibility index (Phi) is 5.68. The quantitative estimate of drug-likeness (QED) is 0.856. The van der Waals surface area contributed by atoms with Gasteiger partial charge >= 0.3 is 0 Å². The van der Waals surface area contributed by atoms with Gasteiger partial charge in [-0.1, -0.05) is 37.3 Å². The summed E-state index contributed by atoms with van der Waals surface area (Å²) in [6.45, 7) is 2.06. The zero-order chi connectivity index (χ0) is 16.1. The number of carbonyl (C=O) groups excluding carboxylic acids is 1. The van der Waals surface area contributed by atoms with Crippen molar-refractivity contribution in [2.24, 2.45) is 5.92 Å². The Morgan fingerprint density at radius 3 is 2.91 bits per heavy atom. The molecule has 1 aromatic rings. The van der Waals surface area contributed by atoms with Crippen LogP contribution in [0.3, 0.4) is 0 Å². The van der Waals surface area contributed by atoms with Gasteiger partial charge in [-0.25, -0.2) is 4.39 Å². The fourth-order valence-corrected chi connectivity index (χ4v) is 2.95. The molecule has 1 saturated carbocycles. The van der Waals surface area contributed by atoms with Gasteiger partial charge in [-0.15, -0.1) is 6.42 Å². The Hall–Kier alpha value is -1.73. The molecule has 1 N–H and O–H groups in total. The first-order valence-corrected chi connectivity index (χ1v) is 7.77. The molecule has 0 radical (unpaired) electrons. The van der Waals surface area contributed by atoms with Gasteiger partial charge in [0.25, 0.3) is 5.91 Å². The van der Waals surface area contributed by atoms with Crippen LogP contribution in [0, 0.1) is 24.1 Å². The lowest BCUT2D eigenvalue weighted by atomic mass is 9.86. The maximum absolute atomic E-state index is 13.9. The lowest BCUT2D eigenvalue weighted by molar-refractivity contribution is 0.0910. The molecule has 1 amide bonds. The third kappa shape index (κ3) is 3.92. The van der Waals surface area contributed by atoms with E-state index in [0.29, 0.717) is 5.92 Å². The van der Waals surface area contributed by atoms with Crippen molar-refractivity contribution in [2.75, 3.05) is 6.61 Å². The standard InChI is InChI=1S/C17H19ClFNO2/c1-3-8-22-16-10-13(18)12(9-14(16)19)17(21)20-15-7-5-4-6-11(15)2/h1,9-11,15H,4-8H2,2H3,(H,20,21). The summed E-state index contributed by atoms with van der Waals surface area (Å²) < 4.78 is 19.0. The molecular weight excluding hydrogens is 305 g/mol. The predicted molar refractivity (Wildman–Crippen MR) is 84.6 cm³/mol. The summed E-state index contributed by atoms with van der Waals surface area (Å²) in [6.07, 6.45) is 9.37. The monoisotopic (exact) mass is 323 g/mol. The van der Waals surface area contributed by atoms with Gasteiger partial charge in [0.1, 0.15) is 6.61 Å². The molecule has 1 fully saturated rings. The minimum Gasteiger partial charge on any atom is -0.478 e. The number of hydrogen-bond donors (Lipinski definition) is 1. The van der Waals surface area contributed by atoms with Crippen molar-refractivity contribution in [1.82, 2.24) is 5.32 Å². The Morgan fingerprint density at radius 1 is 1.50 bits per heavy atom. The van der Waals surface area contributed by atoms with Crippen LogP contribution in [0.4, 0.5) is 4.39 Å². The van der Waals surface area contributed by atoms with E-state index in [1.807, 2.05) is 0 Å². The number of amides is 1. The normalized spacial score (nSPS) is 21.0. The minimum absolute atomic E-state index is 0.0504. The molecule has 2 atom stereocenters. The first kappa shape index (κ1) is 16.6. The smallest absolute Gasteiger partial charge is 0.253 e. The summed E-state index contributed by atoms with van der Waals surface area (Å²) in [6, 6.07) is 2.49. The van der Waals surface area contributed by atoms with E-state index in [0.717, 1.165) is 25.3 Å². The highest BCUT2D eigenvalue weighted by molar-refractivity contribution is 6.34. The molecule has 118 valence electrons. The fourth-order valence-electron chi connectivity index (χ4n) is 2.71. The summed E-state index contributed by atoms with van der Waals surface area (Å²) >= 11 is 6.07. The van der Waals surface area contributed by atoms with Crippen LogP contribution in [0.1, 0.15) is 43.0 Å². The van der Waals surface area contributed by atoms with E-state index in [2.05, 4.69) is 18.2 Å². The van der Waals surface area contributed by atoms with Gasteiger partial charge in [-0.05, 0) is 24.8 Å². The maximum atomic E-state index is 13.9. The van der Waals surface area contributed by atoms with E-state index in [1.54, 1.807) is 0 Å². The topological polar surface area (TPSA) is 38.3 Å². The molecule has 2 rings (SSSR count). The van der Waals surface area contributed by atoms with Crippen LogP contribution in [0.2, 0.25) is 5.02 Å². The maximum Gasteiger partial charge on any atom is 0.253 e. The number of terminal acetylenes is 1. The molecule has 0 aromatic heterocycles. The van der Waals surface area contributed by atoms with Crippen LogP contribution in [0.15, 0.2) is 12.1 Å². The van der Waals surface area contributed by atoms with Gasteiger partial charge in [0, 0.05) is 12.1 Å². The zero-order valence-electron chi connectivity index (χ0n) is 12.5. The van der Waals surface area contributed by atoms with E-state index in [4.69, 9.17) is 22.8 Å². The van der Waals surface area contributed by atoms with E-state index < -0.39 is 5.82 Å². The molecule has 0 heterocycles. The average Bonchev–Trinajstić information content (AvgIpc) is 2.50.